The average molecular weight is 457 g/mol. The average Bonchev–Trinajstić information content (AvgIpc) is 2.69. The van der Waals surface area contributed by atoms with Crippen LogP contribution in [-0.2, 0) is 6.61 Å². The first-order valence-electron chi connectivity index (χ1n) is 7.91. The third kappa shape index (κ3) is 5.38. The number of carbonyl (C=O) groups is 1. The minimum Gasteiger partial charge on any atom is -0.489 e. The molecule has 0 fully saturated rings. The Labute approximate surface area is 165 Å². The number of benzene rings is 2. The second-order valence-electron chi connectivity index (χ2n) is 5.43. The third-order valence-corrected chi connectivity index (χ3v) is 4.22. The van der Waals surface area contributed by atoms with Crippen LogP contribution in [0.4, 0.5) is 0 Å². The van der Waals surface area contributed by atoms with Gasteiger partial charge >= 0.3 is 0 Å². The Morgan fingerprint density at radius 2 is 1.88 bits per heavy atom. The number of hydrazone groups is 1. The van der Waals surface area contributed by atoms with E-state index in [1.807, 2.05) is 36.4 Å². The van der Waals surface area contributed by atoms with E-state index in [9.17, 15) is 4.79 Å². The van der Waals surface area contributed by atoms with Crippen molar-refractivity contribution in [2.45, 2.75) is 6.61 Å². The largest absolute Gasteiger partial charge is 0.489 e. The third-order valence-electron chi connectivity index (χ3n) is 3.50. The van der Waals surface area contributed by atoms with E-state index in [1.54, 1.807) is 24.5 Å². The number of halogens is 1. The molecule has 0 atom stereocenters. The first-order valence-corrected chi connectivity index (χ1v) is 8.99. The number of nitrogens with zero attached hydrogens (tertiary/aromatic N) is 2. The molecule has 1 N–H and O–H groups in total. The van der Waals surface area contributed by atoms with Crippen LogP contribution in [0.2, 0.25) is 0 Å². The molecule has 0 radical (unpaired) electrons. The van der Waals surface area contributed by atoms with E-state index >= 15 is 0 Å². The predicted molar refractivity (Wildman–Crippen MR) is 109 cm³/mol. The lowest BCUT2D eigenvalue weighted by Crippen LogP contribution is -2.17. The Morgan fingerprint density at radius 1 is 1.12 bits per heavy atom. The van der Waals surface area contributed by atoms with Gasteiger partial charge in [-0.3, -0.25) is 9.78 Å². The summed E-state index contributed by atoms with van der Waals surface area (Å²) in [4.78, 5) is 15.7. The summed E-state index contributed by atoms with van der Waals surface area (Å²) < 4.78 is 6.96. The molecule has 2 aromatic carbocycles. The monoisotopic (exact) mass is 457 g/mol. The van der Waals surface area contributed by atoms with Crippen molar-refractivity contribution in [2.75, 3.05) is 0 Å². The Kier molecular flexibility index (Phi) is 6.32. The van der Waals surface area contributed by atoms with E-state index in [4.69, 9.17) is 4.74 Å². The van der Waals surface area contributed by atoms with Crippen LogP contribution in [0.1, 0.15) is 21.5 Å². The van der Waals surface area contributed by atoms with E-state index in [0.717, 1.165) is 16.9 Å². The van der Waals surface area contributed by atoms with Crippen LogP contribution in [0.15, 0.2) is 78.2 Å². The van der Waals surface area contributed by atoms with Crippen molar-refractivity contribution in [1.82, 2.24) is 10.4 Å². The first-order chi connectivity index (χ1) is 12.7. The molecule has 3 aromatic rings. The molecule has 0 aliphatic carbocycles. The van der Waals surface area contributed by atoms with E-state index in [-0.39, 0.29) is 5.91 Å². The van der Waals surface area contributed by atoms with Crippen LogP contribution in [0.5, 0.6) is 5.75 Å². The number of nitrogens with one attached hydrogen (secondary N) is 1. The van der Waals surface area contributed by atoms with Crippen LogP contribution in [-0.4, -0.2) is 17.1 Å². The molecule has 1 heterocycles. The summed E-state index contributed by atoms with van der Waals surface area (Å²) in [5, 5.41) is 3.96. The van der Waals surface area contributed by atoms with Gasteiger partial charge in [0.1, 0.15) is 12.4 Å². The molecule has 130 valence electrons. The van der Waals surface area contributed by atoms with Gasteiger partial charge in [0.25, 0.3) is 5.91 Å². The number of aromatic nitrogens is 1. The highest BCUT2D eigenvalue weighted by Gasteiger charge is 2.02. The molecule has 0 spiro atoms. The van der Waals surface area contributed by atoms with Gasteiger partial charge in [0.15, 0.2) is 0 Å². The second-order valence-corrected chi connectivity index (χ2v) is 6.67. The minimum atomic E-state index is -0.299. The molecule has 1 amide bonds. The van der Waals surface area contributed by atoms with Crippen molar-refractivity contribution in [3.8, 4) is 5.75 Å². The van der Waals surface area contributed by atoms with Crippen molar-refractivity contribution >= 4 is 34.7 Å². The van der Waals surface area contributed by atoms with Gasteiger partial charge < -0.3 is 4.74 Å². The maximum Gasteiger partial charge on any atom is 0.272 e. The van der Waals surface area contributed by atoms with Gasteiger partial charge in [0.2, 0.25) is 0 Å². The lowest BCUT2D eigenvalue weighted by atomic mass is 10.2. The number of ether oxygens (including phenoxy) is 1. The molecule has 3 rings (SSSR count). The lowest BCUT2D eigenvalue weighted by Gasteiger charge is -2.06. The standard InChI is InChI=1S/C20H16IN3O2/c21-18-7-3-16(4-8-18)14-26-19-9-5-15(6-10-19)12-23-24-20(25)17-2-1-11-22-13-17/h1-13H,14H2,(H,24,25)/b23-12-. The molecule has 1 aromatic heterocycles. The van der Waals surface area contributed by atoms with Crippen LogP contribution in [0.3, 0.4) is 0 Å². The van der Waals surface area contributed by atoms with Gasteiger partial charge in [-0.15, -0.1) is 0 Å². The SMILES string of the molecule is O=C(N/N=C\c1ccc(OCc2ccc(I)cc2)cc1)c1cccnc1. The topological polar surface area (TPSA) is 63.6 Å². The molecule has 0 saturated carbocycles. The van der Waals surface area contributed by atoms with E-state index < -0.39 is 0 Å². The second kappa shape index (κ2) is 9.10. The van der Waals surface area contributed by atoms with E-state index in [1.165, 1.54) is 9.77 Å². The summed E-state index contributed by atoms with van der Waals surface area (Å²) in [6.07, 6.45) is 4.68. The smallest absolute Gasteiger partial charge is 0.272 e. The van der Waals surface area contributed by atoms with Gasteiger partial charge in [-0.2, -0.15) is 5.10 Å². The van der Waals surface area contributed by atoms with Crippen LogP contribution >= 0.6 is 22.6 Å². The predicted octanol–water partition coefficient (Wildman–Crippen LogP) is 4.03. The van der Waals surface area contributed by atoms with E-state index in [0.29, 0.717) is 12.2 Å². The molecule has 0 bridgehead atoms. The Hall–Kier alpha value is -2.74. The molecule has 0 aliphatic heterocycles. The van der Waals surface area contributed by atoms with Crippen LogP contribution < -0.4 is 10.2 Å². The Bertz CT molecular complexity index is 879. The number of amides is 1. The zero-order valence-corrected chi connectivity index (χ0v) is 16.0. The summed E-state index contributed by atoms with van der Waals surface area (Å²) in [7, 11) is 0. The molecule has 0 aliphatic rings. The number of hydrogen-bond donors (Lipinski definition) is 1. The number of pyridine rings is 1. The fourth-order valence-electron chi connectivity index (χ4n) is 2.12. The van der Waals surface area contributed by atoms with Crippen molar-refractivity contribution in [1.29, 1.82) is 0 Å². The molecule has 26 heavy (non-hydrogen) atoms. The zero-order valence-electron chi connectivity index (χ0n) is 13.8. The summed E-state index contributed by atoms with van der Waals surface area (Å²) in [6, 6.07) is 19.1. The van der Waals surface area contributed by atoms with Crippen molar-refractivity contribution in [2.24, 2.45) is 5.10 Å². The van der Waals surface area contributed by atoms with Gasteiger partial charge in [0, 0.05) is 16.0 Å². The molecule has 6 heteroatoms. The van der Waals surface area contributed by atoms with Gasteiger partial charge in [-0.1, -0.05) is 12.1 Å². The zero-order chi connectivity index (χ0) is 18.2. The molecule has 0 saturated heterocycles. The Balaban J connectivity index is 1.51. The number of carbonyl (C=O) groups excluding carboxylic acids is 1. The number of hydrogen-bond acceptors (Lipinski definition) is 4. The summed E-state index contributed by atoms with van der Waals surface area (Å²) in [5.74, 6) is 0.479. The highest BCUT2D eigenvalue weighted by molar-refractivity contribution is 14.1. The summed E-state index contributed by atoms with van der Waals surface area (Å²) in [5.41, 5.74) is 4.91. The fourth-order valence-corrected chi connectivity index (χ4v) is 2.48. The van der Waals surface area contributed by atoms with E-state index in [2.05, 4.69) is 50.2 Å². The minimum absolute atomic E-state index is 0.299. The van der Waals surface area contributed by atoms with Gasteiger partial charge in [-0.25, -0.2) is 5.43 Å². The van der Waals surface area contributed by atoms with Crippen LogP contribution in [0, 0.1) is 3.57 Å². The normalized spacial score (nSPS) is 10.7. The van der Waals surface area contributed by atoms with Crippen LogP contribution in [0.25, 0.3) is 0 Å². The quantitative estimate of drug-likeness (QED) is 0.346. The molecular formula is C20H16IN3O2. The van der Waals surface area contributed by atoms with Crippen molar-refractivity contribution in [3.05, 3.63) is 93.3 Å². The van der Waals surface area contributed by atoms with Gasteiger partial charge in [0.05, 0.1) is 11.8 Å². The van der Waals surface area contributed by atoms with Crippen molar-refractivity contribution in [3.63, 3.8) is 0 Å². The highest BCUT2D eigenvalue weighted by atomic mass is 127. The first kappa shape index (κ1) is 18.1. The maximum absolute atomic E-state index is 11.8. The molecule has 0 unspecified atom stereocenters. The van der Waals surface area contributed by atoms with Gasteiger partial charge in [-0.05, 0) is 82.2 Å². The Morgan fingerprint density at radius 3 is 2.58 bits per heavy atom. The maximum atomic E-state index is 11.8. The number of rotatable bonds is 6. The fraction of sp³-hybridized carbons (Fsp3) is 0.0500. The molecule has 5 nitrogen and oxygen atoms in total. The lowest BCUT2D eigenvalue weighted by molar-refractivity contribution is 0.0955. The summed E-state index contributed by atoms with van der Waals surface area (Å²) >= 11 is 2.28. The highest BCUT2D eigenvalue weighted by Crippen LogP contribution is 2.14. The molecular weight excluding hydrogens is 441 g/mol. The van der Waals surface area contributed by atoms with Crippen molar-refractivity contribution < 1.29 is 9.53 Å². The summed E-state index contributed by atoms with van der Waals surface area (Å²) in [6.45, 7) is 0.519.